The van der Waals surface area contributed by atoms with Gasteiger partial charge in [-0.15, -0.1) is 6.58 Å². The van der Waals surface area contributed by atoms with Gasteiger partial charge in [0.05, 0.1) is 11.9 Å². The number of hydrogen-bond donors (Lipinski definition) is 0. The van der Waals surface area contributed by atoms with Crippen LogP contribution >= 0.6 is 0 Å². The molecule has 0 amide bonds. The van der Waals surface area contributed by atoms with Crippen molar-refractivity contribution in [2.24, 2.45) is 0 Å². The number of hydrogen-bond acceptors (Lipinski definition) is 4. The summed E-state index contributed by atoms with van der Waals surface area (Å²) in [6.45, 7) is 5.36. The van der Waals surface area contributed by atoms with Gasteiger partial charge in [0.2, 0.25) is 10.0 Å². The Labute approximate surface area is 96.1 Å². The highest BCUT2D eigenvalue weighted by Gasteiger charge is 2.40. The van der Waals surface area contributed by atoms with Crippen LogP contribution in [0.3, 0.4) is 0 Å². The lowest BCUT2D eigenvalue weighted by Gasteiger charge is -2.19. The van der Waals surface area contributed by atoms with Crippen molar-refractivity contribution in [1.29, 1.82) is 0 Å². The second kappa shape index (κ2) is 5.45. The van der Waals surface area contributed by atoms with Gasteiger partial charge in [-0.1, -0.05) is 6.08 Å². The normalized spacial score (nSPS) is 16.1. The average Bonchev–Trinajstić information content (AvgIpc) is 3.00. The lowest BCUT2D eigenvalue weighted by molar-refractivity contribution is -0.143. The van der Waals surface area contributed by atoms with Crippen LogP contribution in [0.5, 0.6) is 0 Å². The number of carbonyl (C=O) groups excluding carboxylic acids is 1. The number of sulfonamides is 1. The van der Waals surface area contributed by atoms with E-state index in [1.165, 1.54) is 6.08 Å². The van der Waals surface area contributed by atoms with Gasteiger partial charge in [0, 0.05) is 6.54 Å². The van der Waals surface area contributed by atoms with Crippen molar-refractivity contribution >= 4 is 16.0 Å². The Hall–Kier alpha value is -0.880. The van der Waals surface area contributed by atoms with Gasteiger partial charge in [-0.3, -0.25) is 4.79 Å². The lowest BCUT2D eigenvalue weighted by atomic mass is 10.5. The van der Waals surface area contributed by atoms with Crippen molar-refractivity contribution in [3.05, 3.63) is 12.7 Å². The first-order chi connectivity index (χ1) is 7.52. The van der Waals surface area contributed by atoms with E-state index in [4.69, 9.17) is 4.74 Å². The molecular formula is C10H17NO4S. The predicted octanol–water partition coefficient (Wildman–Crippen LogP) is 0.530. The highest BCUT2D eigenvalue weighted by Crippen LogP contribution is 2.30. The van der Waals surface area contributed by atoms with Crippen molar-refractivity contribution in [3.63, 3.8) is 0 Å². The molecule has 0 aromatic carbocycles. The van der Waals surface area contributed by atoms with E-state index in [1.54, 1.807) is 6.92 Å². The molecular weight excluding hydrogens is 230 g/mol. The lowest BCUT2D eigenvalue weighted by Crippen LogP contribution is -2.38. The standard InChI is InChI=1S/C10H17NO4S/c1-3-7-11(8-10(12)15-4-2)16(13,14)9-5-6-9/h3,9H,1,4-8H2,2H3. The van der Waals surface area contributed by atoms with Gasteiger partial charge in [-0.25, -0.2) is 8.42 Å². The third kappa shape index (κ3) is 3.31. The molecule has 0 N–H and O–H groups in total. The summed E-state index contributed by atoms with van der Waals surface area (Å²) in [4.78, 5) is 11.3. The summed E-state index contributed by atoms with van der Waals surface area (Å²) in [5, 5.41) is -0.318. The highest BCUT2D eigenvalue weighted by molar-refractivity contribution is 7.90. The molecule has 0 aromatic rings. The van der Waals surface area contributed by atoms with E-state index in [0.29, 0.717) is 12.8 Å². The highest BCUT2D eigenvalue weighted by atomic mass is 32.2. The molecule has 1 saturated carbocycles. The molecule has 0 radical (unpaired) electrons. The largest absolute Gasteiger partial charge is 0.465 e. The predicted molar refractivity (Wildman–Crippen MR) is 60.3 cm³/mol. The summed E-state index contributed by atoms with van der Waals surface area (Å²) in [6.07, 6.45) is 2.83. The zero-order chi connectivity index (χ0) is 12.2. The van der Waals surface area contributed by atoms with Crippen LogP contribution in [0.2, 0.25) is 0 Å². The molecule has 0 bridgehead atoms. The minimum Gasteiger partial charge on any atom is -0.465 e. The molecule has 0 saturated heterocycles. The minimum absolute atomic E-state index is 0.150. The van der Waals surface area contributed by atoms with Gasteiger partial charge in [0.25, 0.3) is 0 Å². The van der Waals surface area contributed by atoms with Crippen molar-refractivity contribution in [3.8, 4) is 0 Å². The van der Waals surface area contributed by atoms with Crippen molar-refractivity contribution in [2.75, 3.05) is 19.7 Å². The molecule has 1 fully saturated rings. The van der Waals surface area contributed by atoms with E-state index in [2.05, 4.69) is 6.58 Å². The fraction of sp³-hybridized carbons (Fsp3) is 0.700. The zero-order valence-electron chi connectivity index (χ0n) is 9.39. The molecule has 1 aliphatic carbocycles. The van der Waals surface area contributed by atoms with Gasteiger partial charge in [-0.05, 0) is 19.8 Å². The summed E-state index contributed by atoms with van der Waals surface area (Å²) in [7, 11) is -3.34. The molecule has 5 nitrogen and oxygen atoms in total. The van der Waals surface area contributed by atoms with Crippen LogP contribution in [0.25, 0.3) is 0 Å². The van der Waals surface area contributed by atoms with Crippen molar-refractivity contribution in [2.45, 2.75) is 25.0 Å². The Kier molecular flexibility index (Phi) is 4.49. The first kappa shape index (κ1) is 13.2. The summed E-state index contributed by atoms with van der Waals surface area (Å²) in [5.74, 6) is -0.520. The summed E-state index contributed by atoms with van der Waals surface area (Å²) in [6, 6.07) is 0. The summed E-state index contributed by atoms with van der Waals surface area (Å²) >= 11 is 0. The van der Waals surface area contributed by atoms with Gasteiger partial charge in [0.1, 0.15) is 6.54 Å². The topological polar surface area (TPSA) is 63.7 Å². The number of esters is 1. The Morgan fingerprint density at radius 1 is 1.56 bits per heavy atom. The Balaban J connectivity index is 2.66. The summed E-state index contributed by atoms with van der Waals surface area (Å²) in [5.41, 5.74) is 0. The monoisotopic (exact) mass is 247 g/mol. The molecule has 92 valence electrons. The Bertz CT molecular complexity index is 359. The van der Waals surface area contributed by atoms with E-state index in [0.717, 1.165) is 4.31 Å². The van der Waals surface area contributed by atoms with E-state index < -0.39 is 16.0 Å². The fourth-order valence-corrected chi connectivity index (χ4v) is 3.08. The SMILES string of the molecule is C=CCN(CC(=O)OCC)S(=O)(=O)C1CC1. The smallest absolute Gasteiger partial charge is 0.321 e. The molecule has 1 rings (SSSR count). The number of ether oxygens (including phenoxy) is 1. The Morgan fingerprint density at radius 3 is 2.62 bits per heavy atom. The number of nitrogens with zero attached hydrogens (tertiary/aromatic N) is 1. The van der Waals surface area contributed by atoms with Crippen LogP contribution in [-0.4, -0.2) is 43.6 Å². The van der Waals surface area contributed by atoms with Gasteiger partial charge < -0.3 is 4.74 Å². The van der Waals surface area contributed by atoms with E-state index in [-0.39, 0.29) is 24.9 Å². The first-order valence-electron chi connectivity index (χ1n) is 5.27. The van der Waals surface area contributed by atoms with Crippen molar-refractivity contribution < 1.29 is 17.9 Å². The van der Waals surface area contributed by atoms with Gasteiger partial charge in [0.15, 0.2) is 0 Å². The van der Waals surface area contributed by atoms with Crippen LogP contribution in [0, 0.1) is 0 Å². The maximum absolute atomic E-state index is 11.9. The van der Waals surface area contributed by atoms with Crippen LogP contribution in [0.1, 0.15) is 19.8 Å². The van der Waals surface area contributed by atoms with Crippen LogP contribution in [-0.2, 0) is 19.6 Å². The van der Waals surface area contributed by atoms with E-state index in [1.807, 2.05) is 0 Å². The quantitative estimate of drug-likeness (QED) is 0.486. The van der Waals surface area contributed by atoms with E-state index >= 15 is 0 Å². The van der Waals surface area contributed by atoms with Gasteiger partial charge in [-0.2, -0.15) is 4.31 Å². The van der Waals surface area contributed by atoms with Crippen LogP contribution in [0.4, 0.5) is 0 Å². The fourth-order valence-electron chi connectivity index (χ4n) is 1.33. The molecule has 0 aliphatic heterocycles. The average molecular weight is 247 g/mol. The number of rotatable bonds is 7. The molecule has 16 heavy (non-hydrogen) atoms. The zero-order valence-corrected chi connectivity index (χ0v) is 10.2. The van der Waals surface area contributed by atoms with Crippen LogP contribution < -0.4 is 0 Å². The van der Waals surface area contributed by atoms with E-state index in [9.17, 15) is 13.2 Å². The molecule has 1 aliphatic rings. The third-order valence-electron chi connectivity index (χ3n) is 2.25. The summed E-state index contributed by atoms with van der Waals surface area (Å²) < 4.78 is 29.7. The molecule has 0 unspecified atom stereocenters. The second-order valence-corrected chi connectivity index (χ2v) is 5.84. The third-order valence-corrected chi connectivity index (χ3v) is 4.56. The minimum atomic E-state index is -3.34. The Morgan fingerprint density at radius 2 is 2.19 bits per heavy atom. The molecule has 0 spiro atoms. The van der Waals surface area contributed by atoms with Gasteiger partial charge >= 0.3 is 5.97 Å². The second-order valence-electron chi connectivity index (χ2n) is 3.63. The molecule has 6 heteroatoms. The molecule has 0 atom stereocenters. The van der Waals surface area contributed by atoms with Crippen molar-refractivity contribution in [1.82, 2.24) is 4.31 Å². The first-order valence-corrected chi connectivity index (χ1v) is 6.78. The molecule has 0 heterocycles. The molecule has 0 aromatic heterocycles. The van der Waals surface area contributed by atoms with Crippen LogP contribution in [0.15, 0.2) is 12.7 Å². The maximum atomic E-state index is 11.9. The maximum Gasteiger partial charge on any atom is 0.321 e. The number of carbonyl (C=O) groups is 1.